The molecule has 1 saturated carbocycles. The van der Waals surface area contributed by atoms with E-state index >= 15 is 0 Å². The highest BCUT2D eigenvalue weighted by molar-refractivity contribution is 7.13. The maximum Gasteiger partial charge on any atom is 0.347 e. The topological polar surface area (TPSA) is 121 Å². The van der Waals surface area contributed by atoms with Crippen LogP contribution in [0.2, 0.25) is 5.02 Å². The minimum atomic E-state index is -1.03. The largest absolute Gasteiger partial charge is 0.496 e. The van der Waals surface area contributed by atoms with Gasteiger partial charge in [-0.2, -0.15) is 4.37 Å². The number of likely N-dealkylation sites (N-methyl/N-ethyl adjacent to an activating group) is 1. The molecule has 14 heteroatoms. The van der Waals surface area contributed by atoms with E-state index in [0.717, 1.165) is 95.6 Å². The lowest BCUT2D eigenvalue weighted by molar-refractivity contribution is -0.151. The molecule has 1 aliphatic carbocycles. The number of nitrogens with zero attached hydrogens (tertiary/aromatic N) is 6. The van der Waals surface area contributed by atoms with Crippen molar-refractivity contribution < 1.29 is 28.5 Å². The number of benzene rings is 3. The molecule has 0 spiro atoms. The summed E-state index contributed by atoms with van der Waals surface area (Å²) in [5, 5.41) is 1.37. The molecule has 1 saturated heterocycles. The molecule has 12 nitrogen and oxygen atoms in total. The standard InChI is InChI=1S/C47H51ClN6O6S/c1-5-57-47(55)39(27-32-11-6-8-15-36(32)59-29-33-19-20-49-45(51-33)35-14-7-9-16-37(35)56-4)60-46-42-40(61-52-46)28-50-44(31-12-10-13-31)41(42)34-17-18-38(43(48)30(34)2)58-26-25-54-23-21-53(3)22-24-54/h6-9,11,14-20,28,31,39H,5,10,12-13,21-27,29H2,1-4H3/t39-/m1/s1. The number of halogens is 1. The minimum absolute atomic E-state index is 0.172. The molecule has 2 fully saturated rings. The Kier molecular flexibility index (Phi) is 13.6. The zero-order chi connectivity index (χ0) is 42.3. The molecule has 0 unspecified atom stereocenters. The average Bonchev–Trinajstić information content (AvgIpc) is 3.67. The minimum Gasteiger partial charge on any atom is -0.496 e. The van der Waals surface area contributed by atoms with E-state index in [1.54, 1.807) is 20.2 Å². The molecule has 6 aromatic rings. The highest BCUT2D eigenvalue weighted by Crippen LogP contribution is 2.48. The van der Waals surface area contributed by atoms with Crippen LogP contribution in [-0.4, -0.2) is 101 Å². The van der Waals surface area contributed by atoms with Crippen LogP contribution in [0, 0.1) is 6.92 Å². The fraction of sp³-hybridized carbons (Fsp3) is 0.383. The van der Waals surface area contributed by atoms with Crippen LogP contribution >= 0.6 is 23.1 Å². The smallest absolute Gasteiger partial charge is 0.347 e. The Balaban J connectivity index is 1.06. The number of hydrogen-bond donors (Lipinski definition) is 0. The van der Waals surface area contributed by atoms with Crippen molar-refractivity contribution in [3.05, 3.63) is 107 Å². The first-order valence-electron chi connectivity index (χ1n) is 20.9. The van der Waals surface area contributed by atoms with Crippen LogP contribution in [0.1, 0.15) is 54.6 Å². The van der Waals surface area contributed by atoms with Crippen molar-refractivity contribution in [1.82, 2.24) is 29.1 Å². The van der Waals surface area contributed by atoms with Gasteiger partial charge in [0.15, 0.2) is 5.82 Å². The van der Waals surface area contributed by atoms with Gasteiger partial charge in [0, 0.05) is 63.0 Å². The second-order valence-electron chi connectivity index (χ2n) is 15.4. The quantitative estimate of drug-likeness (QED) is 0.0815. The molecular formula is C47H51ClN6O6S. The van der Waals surface area contributed by atoms with E-state index in [1.165, 1.54) is 11.5 Å². The number of aromatic nitrogens is 4. The number of hydrogen-bond acceptors (Lipinski definition) is 13. The third-order valence-corrected chi connectivity index (χ3v) is 12.7. The van der Waals surface area contributed by atoms with Crippen LogP contribution in [0.4, 0.5) is 0 Å². The van der Waals surface area contributed by atoms with Gasteiger partial charge in [-0.1, -0.05) is 54.4 Å². The Bertz CT molecular complexity index is 2470. The molecule has 8 rings (SSSR count). The van der Waals surface area contributed by atoms with Gasteiger partial charge in [0.1, 0.15) is 30.5 Å². The fourth-order valence-corrected chi connectivity index (χ4v) is 8.73. The van der Waals surface area contributed by atoms with Crippen LogP contribution in [0.5, 0.6) is 23.1 Å². The van der Waals surface area contributed by atoms with E-state index < -0.39 is 12.1 Å². The SMILES string of the molecule is CCOC(=O)[C@@H](Cc1ccccc1OCc1ccnc(-c2ccccc2OC)n1)Oc1nsc2cnc(C3CCC3)c(-c3ccc(OCCN4CCN(C)CC4)c(Cl)c3C)c12. The normalized spacial score (nSPS) is 15.3. The van der Waals surface area contributed by atoms with E-state index in [9.17, 15) is 4.79 Å². The summed E-state index contributed by atoms with van der Waals surface area (Å²) in [6.45, 7) is 9.73. The molecule has 3 aromatic carbocycles. The van der Waals surface area contributed by atoms with E-state index in [0.29, 0.717) is 46.3 Å². The number of piperazine rings is 1. The molecule has 61 heavy (non-hydrogen) atoms. The fourth-order valence-electron chi connectivity index (χ4n) is 7.81. The Morgan fingerprint density at radius 3 is 2.49 bits per heavy atom. The van der Waals surface area contributed by atoms with Crippen LogP contribution < -0.4 is 18.9 Å². The number of carbonyl (C=O) groups is 1. The van der Waals surface area contributed by atoms with Gasteiger partial charge in [-0.05, 0) is 92.3 Å². The second kappa shape index (κ2) is 19.6. The Labute approximate surface area is 365 Å². The third-order valence-electron chi connectivity index (χ3n) is 11.5. The van der Waals surface area contributed by atoms with Crippen molar-refractivity contribution in [3.63, 3.8) is 0 Å². The van der Waals surface area contributed by atoms with Crippen molar-refractivity contribution in [2.75, 3.05) is 60.1 Å². The lowest BCUT2D eigenvalue weighted by atomic mass is 9.79. The Morgan fingerprint density at radius 1 is 0.934 bits per heavy atom. The van der Waals surface area contributed by atoms with E-state index in [-0.39, 0.29) is 25.6 Å². The first-order chi connectivity index (χ1) is 29.8. The molecular weight excluding hydrogens is 812 g/mol. The number of pyridine rings is 1. The summed E-state index contributed by atoms with van der Waals surface area (Å²) >= 11 is 8.41. The highest BCUT2D eigenvalue weighted by Gasteiger charge is 2.32. The van der Waals surface area contributed by atoms with Gasteiger partial charge in [0.05, 0.1) is 45.8 Å². The van der Waals surface area contributed by atoms with Gasteiger partial charge in [-0.15, -0.1) is 0 Å². The Morgan fingerprint density at radius 2 is 1.72 bits per heavy atom. The molecule has 1 aliphatic heterocycles. The van der Waals surface area contributed by atoms with Gasteiger partial charge in [-0.3, -0.25) is 9.88 Å². The van der Waals surface area contributed by atoms with Gasteiger partial charge in [0.25, 0.3) is 0 Å². The predicted octanol–water partition coefficient (Wildman–Crippen LogP) is 8.81. The third kappa shape index (κ3) is 9.60. The zero-order valence-electron chi connectivity index (χ0n) is 35.1. The molecule has 3 aromatic heterocycles. The van der Waals surface area contributed by atoms with Crippen molar-refractivity contribution in [1.29, 1.82) is 0 Å². The Hall–Kier alpha value is -5.34. The number of ether oxygens (including phenoxy) is 5. The average molecular weight is 863 g/mol. The van der Waals surface area contributed by atoms with Gasteiger partial charge >= 0.3 is 5.97 Å². The summed E-state index contributed by atoms with van der Waals surface area (Å²) in [6, 6.07) is 21.1. The molecule has 0 amide bonds. The van der Waals surface area contributed by atoms with Crippen LogP contribution in [0.3, 0.4) is 0 Å². The number of fused-ring (bicyclic) bond motifs is 1. The number of para-hydroxylation sites is 2. The molecule has 0 N–H and O–H groups in total. The van der Waals surface area contributed by atoms with Crippen molar-refractivity contribution in [2.24, 2.45) is 0 Å². The van der Waals surface area contributed by atoms with Gasteiger partial charge in [0.2, 0.25) is 12.0 Å². The maximum absolute atomic E-state index is 13.8. The zero-order valence-corrected chi connectivity index (χ0v) is 36.6. The van der Waals surface area contributed by atoms with Gasteiger partial charge in [-0.25, -0.2) is 14.8 Å². The summed E-state index contributed by atoms with van der Waals surface area (Å²) in [7, 11) is 3.78. The monoisotopic (exact) mass is 862 g/mol. The summed E-state index contributed by atoms with van der Waals surface area (Å²) in [5.41, 5.74) is 5.97. The number of carbonyl (C=O) groups excluding carboxylic acids is 1. The predicted molar refractivity (Wildman–Crippen MR) is 238 cm³/mol. The molecule has 2 aliphatic rings. The summed E-state index contributed by atoms with van der Waals surface area (Å²) in [4.78, 5) is 32.8. The van der Waals surface area contributed by atoms with Crippen LogP contribution in [-0.2, 0) is 22.6 Å². The van der Waals surface area contributed by atoms with E-state index in [2.05, 4.69) is 27.9 Å². The van der Waals surface area contributed by atoms with E-state index in [1.807, 2.05) is 73.8 Å². The maximum atomic E-state index is 13.8. The number of methoxy groups -OCH3 is 1. The lowest BCUT2D eigenvalue weighted by Gasteiger charge is -2.32. The first-order valence-corrected chi connectivity index (χ1v) is 22.1. The van der Waals surface area contributed by atoms with Crippen molar-refractivity contribution >= 4 is 39.2 Å². The molecule has 4 heterocycles. The van der Waals surface area contributed by atoms with Crippen molar-refractivity contribution in [3.8, 4) is 45.6 Å². The molecule has 0 radical (unpaired) electrons. The molecule has 1 atom stereocenters. The summed E-state index contributed by atoms with van der Waals surface area (Å²) in [6.07, 6.45) is 5.94. The highest BCUT2D eigenvalue weighted by atomic mass is 35.5. The summed E-state index contributed by atoms with van der Waals surface area (Å²) in [5.74, 6) is 2.60. The van der Waals surface area contributed by atoms with Crippen LogP contribution in [0.25, 0.3) is 32.6 Å². The number of rotatable bonds is 17. The first kappa shape index (κ1) is 42.4. The lowest BCUT2D eigenvalue weighted by Crippen LogP contribution is -2.45. The number of esters is 1. The van der Waals surface area contributed by atoms with Crippen LogP contribution in [0.15, 0.2) is 79.1 Å². The van der Waals surface area contributed by atoms with Gasteiger partial charge < -0.3 is 28.6 Å². The summed E-state index contributed by atoms with van der Waals surface area (Å²) < 4.78 is 36.1. The second-order valence-corrected chi connectivity index (χ2v) is 16.6. The van der Waals surface area contributed by atoms with E-state index in [4.69, 9.17) is 49.6 Å². The molecule has 318 valence electrons. The molecule has 0 bridgehead atoms. The van der Waals surface area contributed by atoms with Crippen molar-refractivity contribution in [2.45, 2.75) is 58.2 Å².